The minimum atomic E-state index is -0.308. The maximum Gasteiger partial charge on any atom is 0.263 e. The van der Waals surface area contributed by atoms with Gasteiger partial charge in [-0.3, -0.25) is 9.36 Å². The molecule has 0 bridgehead atoms. The van der Waals surface area contributed by atoms with Crippen molar-refractivity contribution in [2.45, 2.75) is 6.92 Å². The monoisotopic (exact) mass is 387 g/mol. The first-order chi connectivity index (χ1) is 14.1. The zero-order valence-corrected chi connectivity index (χ0v) is 16.5. The fraction of sp³-hybridized carbons (Fsp3) is 0.130. The van der Waals surface area contributed by atoms with Gasteiger partial charge in [0.25, 0.3) is 5.91 Å². The molecule has 0 aliphatic carbocycles. The lowest BCUT2D eigenvalue weighted by atomic mass is 10.1. The van der Waals surface area contributed by atoms with Crippen molar-refractivity contribution in [3.63, 3.8) is 0 Å². The van der Waals surface area contributed by atoms with Crippen molar-refractivity contribution in [3.05, 3.63) is 78.1 Å². The van der Waals surface area contributed by atoms with Crippen LogP contribution in [0.25, 0.3) is 16.7 Å². The number of carbonyl (C=O) groups excluding carboxylic acids is 1. The van der Waals surface area contributed by atoms with Gasteiger partial charge in [0, 0.05) is 11.4 Å². The standard InChI is InChI=1S/C23H21N3O3/c1-15-24-18-14-16(12-13-19(18)26(15)17-8-5-4-6-9-17)25-23(27)22-20(28-2)10-7-11-21(22)29-3/h4-14H,1-3H3,(H,25,27). The predicted octanol–water partition coefficient (Wildman–Crippen LogP) is 4.60. The van der Waals surface area contributed by atoms with Gasteiger partial charge in [-0.15, -0.1) is 0 Å². The fourth-order valence-electron chi connectivity index (χ4n) is 3.45. The summed E-state index contributed by atoms with van der Waals surface area (Å²) < 4.78 is 12.7. The van der Waals surface area contributed by atoms with Gasteiger partial charge < -0.3 is 14.8 Å². The average molecular weight is 387 g/mol. The number of amides is 1. The number of nitrogens with one attached hydrogen (secondary N) is 1. The summed E-state index contributed by atoms with van der Waals surface area (Å²) in [4.78, 5) is 17.6. The van der Waals surface area contributed by atoms with Crippen molar-refractivity contribution < 1.29 is 14.3 Å². The zero-order chi connectivity index (χ0) is 20.4. The number of nitrogens with zero attached hydrogens (tertiary/aromatic N) is 2. The van der Waals surface area contributed by atoms with E-state index in [0.29, 0.717) is 22.7 Å². The second kappa shape index (κ2) is 7.67. The quantitative estimate of drug-likeness (QED) is 0.543. The van der Waals surface area contributed by atoms with Gasteiger partial charge in [0.2, 0.25) is 0 Å². The highest BCUT2D eigenvalue weighted by atomic mass is 16.5. The van der Waals surface area contributed by atoms with E-state index in [9.17, 15) is 4.79 Å². The average Bonchev–Trinajstić information content (AvgIpc) is 3.08. The number of ether oxygens (including phenoxy) is 2. The summed E-state index contributed by atoms with van der Waals surface area (Å²) in [5.41, 5.74) is 3.82. The topological polar surface area (TPSA) is 65.4 Å². The number of rotatable bonds is 5. The molecule has 0 unspecified atom stereocenters. The van der Waals surface area contributed by atoms with Crippen LogP contribution in [0.1, 0.15) is 16.2 Å². The maximum absolute atomic E-state index is 12.9. The van der Waals surface area contributed by atoms with Gasteiger partial charge in [-0.05, 0) is 49.4 Å². The molecule has 0 radical (unpaired) electrons. The van der Waals surface area contributed by atoms with Crippen molar-refractivity contribution >= 4 is 22.6 Å². The van der Waals surface area contributed by atoms with E-state index in [-0.39, 0.29) is 5.91 Å². The van der Waals surface area contributed by atoms with E-state index in [1.165, 1.54) is 14.2 Å². The van der Waals surface area contributed by atoms with Gasteiger partial charge in [0.05, 0.1) is 25.3 Å². The lowest BCUT2D eigenvalue weighted by Gasteiger charge is -2.13. The van der Waals surface area contributed by atoms with Gasteiger partial charge in [0.15, 0.2) is 0 Å². The van der Waals surface area contributed by atoms with Crippen molar-refractivity contribution in [1.29, 1.82) is 0 Å². The molecule has 0 aliphatic heterocycles. The molecular formula is C23H21N3O3. The number of aryl methyl sites for hydroxylation is 1. The summed E-state index contributed by atoms with van der Waals surface area (Å²) in [5.74, 6) is 1.47. The molecule has 4 aromatic rings. The van der Waals surface area contributed by atoms with Crippen LogP contribution in [0.15, 0.2) is 66.7 Å². The van der Waals surface area contributed by atoms with Gasteiger partial charge in [-0.1, -0.05) is 24.3 Å². The van der Waals surface area contributed by atoms with E-state index in [1.54, 1.807) is 18.2 Å². The van der Waals surface area contributed by atoms with E-state index in [1.807, 2.05) is 55.5 Å². The van der Waals surface area contributed by atoms with Crippen molar-refractivity contribution in [3.8, 4) is 17.2 Å². The number of para-hydroxylation sites is 1. The molecule has 1 aromatic heterocycles. The van der Waals surface area contributed by atoms with Crippen LogP contribution in [0, 0.1) is 6.92 Å². The number of methoxy groups -OCH3 is 2. The normalized spacial score (nSPS) is 10.7. The molecule has 0 atom stereocenters. The van der Waals surface area contributed by atoms with E-state index in [2.05, 4.69) is 14.9 Å². The first kappa shape index (κ1) is 18.6. The van der Waals surface area contributed by atoms with Crippen LogP contribution >= 0.6 is 0 Å². The number of anilines is 1. The smallest absolute Gasteiger partial charge is 0.263 e. The molecular weight excluding hydrogens is 366 g/mol. The maximum atomic E-state index is 12.9. The second-order valence-corrected chi connectivity index (χ2v) is 6.53. The summed E-state index contributed by atoms with van der Waals surface area (Å²) in [7, 11) is 3.05. The van der Waals surface area contributed by atoms with Crippen LogP contribution in [-0.2, 0) is 0 Å². The highest BCUT2D eigenvalue weighted by Gasteiger charge is 2.19. The number of aromatic nitrogens is 2. The highest BCUT2D eigenvalue weighted by Crippen LogP contribution is 2.30. The molecule has 29 heavy (non-hydrogen) atoms. The van der Waals surface area contributed by atoms with Crippen molar-refractivity contribution in [2.75, 3.05) is 19.5 Å². The molecule has 0 spiro atoms. The van der Waals surface area contributed by atoms with Crippen molar-refractivity contribution in [1.82, 2.24) is 9.55 Å². The van der Waals surface area contributed by atoms with Crippen LogP contribution < -0.4 is 14.8 Å². The molecule has 0 saturated carbocycles. The van der Waals surface area contributed by atoms with Gasteiger partial charge >= 0.3 is 0 Å². The summed E-state index contributed by atoms with van der Waals surface area (Å²) in [6.45, 7) is 1.96. The van der Waals surface area contributed by atoms with Crippen molar-refractivity contribution in [2.24, 2.45) is 0 Å². The van der Waals surface area contributed by atoms with Crippen LogP contribution in [0.3, 0.4) is 0 Å². The molecule has 1 N–H and O–H groups in total. The Bertz CT molecular complexity index is 1160. The lowest BCUT2D eigenvalue weighted by Crippen LogP contribution is -2.14. The Balaban J connectivity index is 1.69. The van der Waals surface area contributed by atoms with E-state index < -0.39 is 0 Å². The first-order valence-electron chi connectivity index (χ1n) is 9.19. The Morgan fingerprint density at radius 3 is 2.28 bits per heavy atom. The van der Waals surface area contributed by atoms with Gasteiger partial charge in [-0.2, -0.15) is 0 Å². The molecule has 6 heteroatoms. The van der Waals surface area contributed by atoms with Crippen LogP contribution in [0.2, 0.25) is 0 Å². The summed E-state index contributed by atoms with van der Waals surface area (Å²) in [6.07, 6.45) is 0. The van der Waals surface area contributed by atoms with Crippen LogP contribution in [-0.4, -0.2) is 29.7 Å². The van der Waals surface area contributed by atoms with E-state index in [0.717, 1.165) is 22.5 Å². The number of hydrogen-bond acceptors (Lipinski definition) is 4. The minimum absolute atomic E-state index is 0.308. The molecule has 3 aromatic carbocycles. The Labute approximate surface area is 168 Å². The Kier molecular flexibility index (Phi) is 4.91. The number of hydrogen-bond donors (Lipinski definition) is 1. The minimum Gasteiger partial charge on any atom is -0.496 e. The van der Waals surface area contributed by atoms with Gasteiger partial charge in [-0.25, -0.2) is 4.98 Å². The number of fused-ring (bicyclic) bond motifs is 1. The SMILES string of the molecule is COc1cccc(OC)c1C(=O)Nc1ccc2c(c1)nc(C)n2-c1ccccc1. The third kappa shape index (κ3) is 3.40. The Morgan fingerprint density at radius 1 is 0.931 bits per heavy atom. The molecule has 1 heterocycles. The second-order valence-electron chi connectivity index (χ2n) is 6.53. The van der Waals surface area contributed by atoms with Gasteiger partial charge in [0.1, 0.15) is 22.9 Å². The molecule has 0 saturated heterocycles. The third-order valence-corrected chi connectivity index (χ3v) is 4.75. The molecule has 0 aliphatic rings. The third-order valence-electron chi connectivity index (χ3n) is 4.75. The fourth-order valence-corrected chi connectivity index (χ4v) is 3.45. The van der Waals surface area contributed by atoms with E-state index in [4.69, 9.17) is 9.47 Å². The first-order valence-corrected chi connectivity index (χ1v) is 9.19. The molecule has 4 rings (SSSR count). The highest BCUT2D eigenvalue weighted by molar-refractivity contribution is 6.08. The Hall–Kier alpha value is -3.80. The van der Waals surface area contributed by atoms with Crippen LogP contribution in [0.4, 0.5) is 5.69 Å². The molecule has 6 nitrogen and oxygen atoms in total. The van der Waals surface area contributed by atoms with Crippen LogP contribution in [0.5, 0.6) is 11.5 Å². The molecule has 1 amide bonds. The summed E-state index contributed by atoms with van der Waals surface area (Å²) in [5, 5.41) is 2.92. The summed E-state index contributed by atoms with van der Waals surface area (Å²) in [6, 6.07) is 21.0. The number of benzene rings is 3. The number of carbonyl (C=O) groups is 1. The Morgan fingerprint density at radius 2 is 1.62 bits per heavy atom. The summed E-state index contributed by atoms with van der Waals surface area (Å²) >= 11 is 0. The lowest BCUT2D eigenvalue weighted by molar-refractivity contribution is 0.102. The molecule has 146 valence electrons. The zero-order valence-electron chi connectivity index (χ0n) is 16.5. The number of imidazole rings is 1. The predicted molar refractivity (Wildman–Crippen MR) is 113 cm³/mol. The van der Waals surface area contributed by atoms with E-state index >= 15 is 0 Å². The largest absolute Gasteiger partial charge is 0.496 e. The molecule has 0 fully saturated rings.